The standard InChI is InChI=1S/C18H21ClN2O4/c1-9(2)18(17(24)25-4)13-12(15(22)21(3)16(13)23)14(20-18)10-5-7-11(19)8-6-10/h5-9,12-14,20H,1-4H3/t12-,13+,14-,18-/m1/s1. The molecule has 0 aromatic heterocycles. The van der Waals surface area contributed by atoms with Crippen LogP contribution in [0.2, 0.25) is 5.02 Å². The van der Waals surface area contributed by atoms with E-state index in [4.69, 9.17) is 16.3 Å². The molecule has 0 spiro atoms. The Morgan fingerprint density at radius 1 is 1.24 bits per heavy atom. The molecule has 3 rings (SSSR count). The van der Waals surface area contributed by atoms with Crippen LogP contribution in [0.4, 0.5) is 0 Å². The Morgan fingerprint density at radius 2 is 1.84 bits per heavy atom. The topological polar surface area (TPSA) is 75.7 Å². The number of rotatable bonds is 3. The lowest BCUT2D eigenvalue weighted by atomic mass is 9.73. The molecule has 6 nitrogen and oxygen atoms in total. The maximum absolute atomic E-state index is 12.8. The van der Waals surface area contributed by atoms with Gasteiger partial charge in [0.1, 0.15) is 5.54 Å². The van der Waals surface area contributed by atoms with E-state index in [9.17, 15) is 14.4 Å². The Kier molecular flexibility index (Phi) is 4.37. The van der Waals surface area contributed by atoms with Gasteiger partial charge in [-0.15, -0.1) is 0 Å². The average molecular weight is 365 g/mol. The summed E-state index contributed by atoms with van der Waals surface area (Å²) in [7, 11) is 2.76. The first-order chi connectivity index (χ1) is 11.8. The van der Waals surface area contributed by atoms with Gasteiger partial charge in [0.15, 0.2) is 0 Å². The zero-order valence-corrected chi connectivity index (χ0v) is 15.3. The number of nitrogens with zero attached hydrogens (tertiary/aromatic N) is 1. The molecule has 2 amide bonds. The third-order valence-corrected chi connectivity index (χ3v) is 5.73. The predicted octanol–water partition coefficient (Wildman–Crippen LogP) is 1.78. The summed E-state index contributed by atoms with van der Waals surface area (Å²) in [4.78, 5) is 39.4. The number of nitrogens with one attached hydrogen (secondary N) is 1. The van der Waals surface area contributed by atoms with Crippen LogP contribution in [0, 0.1) is 17.8 Å². The fourth-order valence-corrected chi connectivity index (χ4v) is 4.29. The molecule has 25 heavy (non-hydrogen) atoms. The zero-order valence-electron chi connectivity index (χ0n) is 14.6. The number of esters is 1. The molecule has 1 aromatic carbocycles. The number of fused-ring (bicyclic) bond motifs is 1. The molecule has 2 fully saturated rings. The van der Waals surface area contributed by atoms with Gasteiger partial charge in [0.05, 0.1) is 18.9 Å². The third kappa shape index (κ3) is 2.39. The number of carbonyl (C=O) groups excluding carboxylic acids is 3. The van der Waals surface area contributed by atoms with Gasteiger partial charge >= 0.3 is 5.97 Å². The van der Waals surface area contributed by atoms with Gasteiger partial charge in [-0.2, -0.15) is 0 Å². The Balaban J connectivity index is 2.17. The van der Waals surface area contributed by atoms with Gasteiger partial charge in [-0.25, -0.2) is 0 Å². The smallest absolute Gasteiger partial charge is 0.327 e. The summed E-state index contributed by atoms with van der Waals surface area (Å²) in [5, 5.41) is 3.86. The summed E-state index contributed by atoms with van der Waals surface area (Å²) in [6.07, 6.45) is 0. The molecule has 2 saturated heterocycles. The van der Waals surface area contributed by atoms with Gasteiger partial charge in [0, 0.05) is 18.1 Å². The molecule has 1 N–H and O–H groups in total. The number of imide groups is 1. The number of halogens is 1. The van der Waals surface area contributed by atoms with E-state index in [2.05, 4.69) is 5.32 Å². The summed E-state index contributed by atoms with van der Waals surface area (Å²) in [5.74, 6) is -2.84. The van der Waals surface area contributed by atoms with E-state index < -0.39 is 29.4 Å². The molecule has 1 aromatic rings. The SMILES string of the molecule is COC(=O)[C@]1(C(C)C)N[C@H](c2ccc(Cl)cc2)[C@@H]2C(=O)N(C)C(=O)[C@H]21. The van der Waals surface area contributed by atoms with Crippen molar-refractivity contribution in [2.24, 2.45) is 17.8 Å². The summed E-state index contributed by atoms with van der Waals surface area (Å²) in [6.45, 7) is 3.70. The average Bonchev–Trinajstić information content (AvgIpc) is 3.06. The van der Waals surface area contributed by atoms with Crippen LogP contribution >= 0.6 is 11.6 Å². The fraction of sp³-hybridized carbons (Fsp3) is 0.500. The minimum atomic E-state index is -1.25. The van der Waals surface area contributed by atoms with E-state index in [-0.39, 0.29) is 17.7 Å². The maximum atomic E-state index is 12.8. The van der Waals surface area contributed by atoms with Gasteiger partial charge in [0.25, 0.3) is 0 Å². The second-order valence-corrected chi connectivity index (χ2v) is 7.36. The first-order valence-corrected chi connectivity index (χ1v) is 8.56. The first-order valence-electron chi connectivity index (χ1n) is 8.18. The molecular formula is C18H21ClN2O4. The van der Waals surface area contributed by atoms with Crippen molar-refractivity contribution in [3.8, 4) is 0 Å². The molecule has 0 saturated carbocycles. The van der Waals surface area contributed by atoms with E-state index in [1.165, 1.54) is 14.2 Å². The van der Waals surface area contributed by atoms with Crippen molar-refractivity contribution in [2.75, 3.05) is 14.2 Å². The number of amides is 2. The fourth-order valence-electron chi connectivity index (χ4n) is 4.16. The molecule has 2 aliphatic rings. The molecule has 0 unspecified atom stereocenters. The van der Waals surface area contributed by atoms with Crippen molar-refractivity contribution in [3.63, 3.8) is 0 Å². The van der Waals surface area contributed by atoms with Crippen LogP contribution in [0.5, 0.6) is 0 Å². The maximum Gasteiger partial charge on any atom is 0.327 e. The van der Waals surface area contributed by atoms with Crippen LogP contribution in [-0.4, -0.2) is 42.4 Å². The van der Waals surface area contributed by atoms with Crippen LogP contribution in [0.25, 0.3) is 0 Å². The van der Waals surface area contributed by atoms with Crippen molar-refractivity contribution >= 4 is 29.4 Å². The monoisotopic (exact) mass is 364 g/mol. The minimum absolute atomic E-state index is 0.243. The summed E-state index contributed by atoms with van der Waals surface area (Å²) < 4.78 is 5.02. The van der Waals surface area contributed by atoms with Crippen LogP contribution in [0.3, 0.4) is 0 Å². The van der Waals surface area contributed by atoms with Crippen molar-refractivity contribution in [1.29, 1.82) is 0 Å². The van der Waals surface area contributed by atoms with E-state index in [0.29, 0.717) is 5.02 Å². The van der Waals surface area contributed by atoms with Gasteiger partial charge < -0.3 is 4.74 Å². The number of carbonyl (C=O) groups is 3. The Labute approximate surface area is 151 Å². The second-order valence-electron chi connectivity index (χ2n) is 6.93. The summed E-state index contributed by atoms with van der Waals surface area (Å²) >= 11 is 5.96. The van der Waals surface area contributed by atoms with E-state index in [1.54, 1.807) is 24.3 Å². The normalized spacial score (nSPS) is 31.6. The van der Waals surface area contributed by atoms with E-state index in [1.807, 2.05) is 13.8 Å². The summed E-state index contributed by atoms with van der Waals surface area (Å²) in [5.41, 5.74) is -0.441. The number of ether oxygens (including phenoxy) is 1. The molecule has 0 radical (unpaired) electrons. The van der Waals surface area contributed by atoms with Crippen molar-refractivity contribution < 1.29 is 19.1 Å². The molecule has 2 heterocycles. The number of likely N-dealkylation sites (tertiary alicyclic amines) is 1. The van der Waals surface area contributed by atoms with Gasteiger partial charge in [-0.1, -0.05) is 37.6 Å². The Hall–Kier alpha value is -1.92. The highest BCUT2D eigenvalue weighted by Crippen LogP contribution is 2.51. The summed E-state index contributed by atoms with van der Waals surface area (Å²) in [6, 6.07) is 6.60. The number of methoxy groups -OCH3 is 1. The van der Waals surface area contributed by atoms with Gasteiger partial charge in [-0.05, 0) is 23.6 Å². The van der Waals surface area contributed by atoms with E-state index >= 15 is 0 Å². The van der Waals surface area contributed by atoms with E-state index in [0.717, 1.165) is 10.5 Å². The van der Waals surface area contributed by atoms with Crippen LogP contribution in [0.1, 0.15) is 25.5 Å². The van der Waals surface area contributed by atoms with Gasteiger partial charge in [-0.3, -0.25) is 24.6 Å². The molecule has 2 aliphatic heterocycles. The highest BCUT2D eigenvalue weighted by atomic mass is 35.5. The lowest BCUT2D eigenvalue weighted by molar-refractivity contribution is -0.156. The van der Waals surface area contributed by atoms with Crippen molar-refractivity contribution in [3.05, 3.63) is 34.9 Å². The highest BCUT2D eigenvalue weighted by Gasteiger charge is 2.69. The third-order valence-electron chi connectivity index (χ3n) is 5.48. The van der Waals surface area contributed by atoms with Crippen molar-refractivity contribution in [1.82, 2.24) is 10.2 Å². The molecule has 134 valence electrons. The number of hydrogen-bond donors (Lipinski definition) is 1. The number of hydrogen-bond acceptors (Lipinski definition) is 5. The predicted molar refractivity (Wildman–Crippen MR) is 91.7 cm³/mol. The zero-order chi connectivity index (χ0) is 18.5. The molecular weight excluding hydrogens is 344 g/mol. The molecule has 0 aliphatic carbocycles. The number of benzene rings is 1. The molecule has 0 bridgehead atoms. The quantitative estimate of drug-likeness (QED) is 0.653. The van der Waals surface area contributed by atoms with Gasteiger partial charge in [0.2, 0.25) is 11.8 Å². The minimum Gasteiger partial charge on any atom is -0.468 e. The van der Waals surface area contributed by atoms with Crippen LogP contribution in [0.15, 0.2) is 24.3 Å². The highest BCUT2D eigenvalue weighted by molar-refractivity contribution is 6.30. The lowest BCUT2D eigenvalue weighted by Gasteiger charge is -2.35. The van der Waals surface area contributed by atoms with Crippen LogP contribution < -0.4 is 5.32 Å². The lowest BCUT2D eigenvalue weighted by Crippen LogP contribution is -2.59. The molecule has 4 atom stereocenters. The first kappa shape index (κ1) is 17.9. The largest absolute Gasteiger partial charge is 0.468 e. The Bertz CT molecular complexity index is 733. The Morgan fingerprint density at radius 3 is 2.36 bits per heavy atom. The van der Waals surface area contributed by atoms with Crippen LogP contribution in [-0.2, 0) is 19.1 Å². The second kappa shape index (κ2) is 6.11. The van der Waals surface area contributed by atoms with Crippen molar-refractivity contribution in [2.45, 2.75) is 25.4 Å². The molecule has 7 heteroatoms.